The highest BCUT2D eigenvalue weighted by molar-refractivity contribution is 6.32. The van der Waals surface area contributed by atoms with Crippen LogP contribution in [0.1, 0.15) is 113 Å². The van der Waals surface area contributed by atoms with Crippen LogP contribution in [0.2, 0.25) is 0 Å². The van der Waals surface area contributed by atoms with Crippen molar-refractivity contribution in [2.24, 2.45) is 38.3 Å². The maximum absolute atomic E-state index is 15.2. The van der Waals surface area contributed by atoms with Gasteiger partial charge in [0.05, 0.1) is 25.0 Å². The third-order valence-electron chi connectivity index (χ3n) is 10.1. The number of fused-ring (bicyclic) bond motifs is 2. The number of ketones is 3. The predicted octanol–water partition coefficient (Wildman–Crippen LogP) is 9.31. The molecule has 0 heterocycles. The minimum atomic E-state index is -1.88. The van der Waals surface area contributed by atoms with Crippen molar-refractivity contribution in [3.63, 3.8) is 0 Å². The van der Waals surface area contributed by atoms with Gasteiger partial charge in [-0.3, -0.25) is 19.2 Å². The average molecular weight is 737 g/mol. The molecule has 1 aromatic carbocycles. The maximum Gasteiger partial charge on any atom is 0.452 e. The number of hydrogen-bond donors (Lipinski definition) is 2. The molecule has 4 atom stereocenters. The normalized spacial score (nSPS) is 22.4. The number of hydrogen-bond acceptors (Lipinski definition) is 9. The van der Waals surface area contributed by atoms with Crippen molar-refractivity contribution in [3.05, 3.63) is 70.5 Å². The lowest BCUT2D eigenvalue weighted by molar-refractivity contribution is -0.176. The van der Waals surface area contributed by atoms with Gasteiger partial charge >= 0.3 is 18.2 Å². The number of carbonyl (C=O) groups excluding carboxylic acids is 5. The number of Topliss-reactive ketones (excluding diaryl/α,β-unsaturated/α-hetero) is 3. The molecule has 2 aliphatic carbocycles. The number of aliphatic hydroxyl groups excluding tert-OH is 1. The Morgan fingerprint density at radius 1 is 0.887 bits per heavy atom. The summed E-state index contributed by atoms with van der Waals surface area (Å²) in [6, 6.07) is 8.84. The molecular weight excluding hydrogens is 680 g/mol. The zero-order chi connectivity index (χ0) is 40.3. The van der Waals surface area contributed by atoms with E-state index in [1.54, 1.807) is 44.2 Å². The molecule has 12 nitrogen and oxygen atoms in total. The Kier molecular flexibility index (Phi) is 15.8. The molecule has 1 aromatic rings. The number of carboxylic acids is 1. The summed E-state index contributed by atoms with van der Waals surface area (Å²) >= 11 is 0. The van der Waals surface area contributed by atoms with Gasteiger partial charge in [0.15, 0.2) is 17.3 Å². The van der Waals surface area contributed by atoms with Gasteiger partial charge in [0.2, 0.25) is 0 Å². The van der Waals surface area contributed by atoms with Crippen molar-refractivity contribution in [1.29, 1.82) is 0 Å². The number of amides is 2. The lowest BCUT2D eigenvalue weighted by atomic mass is 9.37. The smallest absolute Gasteiger partial charge is 0.452 e. The second-order valence-electron chi connectivity index (χ2n) is 15.1. The van der Waals surface area contributed by atoms with Gasteiger partial charge in [0.1, 0.15) is 16.7 Å². The van der Waals surface area contributed by atoms with E-state index >= 15 is 4.79 Å². The Labute approximate surface area is 312 Å². The molecule has 53 heavy (non-hydrogen) atoms. The van der Waals surface area contributed by atoms with Gasteiger partial charge in [0, 0.05) is 12.3 Å². The summed E-state index contributed by atoms with van der Waals surface area (Å²) < 4.78 is 8.73. The number of allylic oxidation sites excluding steroid dienone is 6. The molecule has 0 aromatic heterocycles. The van der Waals surface area contributed by atoms with Gasteiger partial charge in [-0.05, 0) is 83.6 Å². The Morgan fingerprint density at radius 3 is 1.87 bits per heavy atom. The first-order valence-electron chi connectivity index (χ1n) is 18.1. The predicted molar refractivity (Wildman–Crippen MR) is 199 cm³/mol. The number of rotatable bonds is 13. The topological polar surface area (TPSA) is 186 Å². The first-order valence-corrected chi connectivity index (χ1v) is 18.1. The Hall–Kier alpha value is -4.74. The van der Waals surface area contributed by atoms with E-state index in [-0.39, 0.29) is 49.9 Å². The van der Waals surface area contributed by atoms with Crippen LogP contribution in [-0.2, 0) is 28.7 Å². The fourth-order valence-electron chi connectivity index (χ4n) is 7.58. The highest BCUT2D eigenvalue weighted by Crippen LogP contribution is 2.69. The van der Waals surface area contributed by atoms with Gasteiger partial charge in [-0.15, -0.1) is 0 Å². The highest BCUT2D eigenvalue weighted by Gasteiger charge is 2.75. The van der Waals surface area contributed by atoms with E-state index in [9.17, 15) is 34.2 Å². The van der Waals surface area contributed by atoms with Gasteiger partial charge in [0.25, 0.3) is 0 Å². The van der Waals surface area contributed by atoms with Crippen molar-refractivity contribution < 1.29 is 48.5 Å². The van der Waals surface area contributed by atoms with Crippen LogP contribution >= 0.6 is 0 Å². The summed E-state index contributed by atoms with van der Waals surface area (Å²) in [6.45, 7) is 18.9. The summed E-state index contributed by atoms with van der Waals surface area (Å²) in [7, 11) is 0. The van der Waals surface area contributed by atoms with E-state index in [4.69, 9.17) is 0 Å². The molecule has 290 valence electrons. The molecule has 1 fully saturated rings. The van der Waals surface area contributed by atoms with Crippen LogP contribution in [0.25, 0.3) is 0 Å². The molecule has 4 unspecified atom stereocenters. The fraction of sp³-hybridized carbons (Fsp3) is 0.561. The van der Waals surface area contributed by atoms with Gasteiger partial charge in [-0.25, -0.2) is 9.59 Å². The van der Waals surface area contributed by atoms with Crippen LogP contribution in [0, 0.1) is 28.1 Å². The Morgan fingerprint density at radius 2 is 1.42 bits per heavy atom. The van der Waals surface area contributed by atoms with Gasteiger partial charge in [-0.2, -0.15) is 0 Å². The summed E-state index contributed by atoms with van der Waals surface area (Å²) in [5, 5.41) is 28.0. The number of aliphatic carboxylic acids is 1. The van der Waals surface area contributed by atoms with E-state index in [2.05, 4.69) is 25.8 Å². The van der Waals surface area contributed by atoms with Crippen LogP contribution in [0.5, 0.6) is 0 Å². The lowest BCUT2D eigenvalue weighted by Gasteiger charge is -2.62. The zero-order valence-electron chi connectivity index (χ0n) is 32.8. The third-order valence-corrected chi connectivity index (χ3v) is 10.1. The second kappa shape index (κ2) is 18.8. The Balaban J connectivity index is 0.000000693. The molecule has 2 bridgehead atoms. The standard InChI is InChI=1S/C35H46O6.C6H10N2O4/c1-21(2)14-15-25-20-34(17-16-22(3)4)30(39)29(27(36)18-23(5)6)31(40)35(32(34)41,33(25,7)8)26(19-28(37)38)24-12-10-9-11-13-24;1-3-11-5(9)7-8-6(10)12-4-2/h9-14,16,23,25-26,39H,15,17-20H2,1-8H3,(H,37,38);3-4H2,1-2H3/b;8-7+. The van der Waals surface area contributed by atoms with Crippen molar-refractivity contribution in [2.75, 3.05) is 13.2 Å². The van der Waals surface area contributed by atoms with Crippen LogP contribution in [0.3, 0.4) is 0 Å². The number of aliphatic hydroxyl groups is 1. The summed E-state index contributed by atoms with van der Waals surface area (Å²) in [6.07, 6.45) is 2.65. The molecule has 12 heteroatoms. The SMILES string of the molecule is CC(C)=CCC1CC2(CC=C(C)C)C(=O)C(C(CC(=O)O)c3ccccc3)(C(=O)C(C(=O)CC(C)C)=C2O)C1(C)C.CCOC(=O)/N=N/C(=O)OCC. The molecule has 2 N–H and O–H groups in total. The lowest BCUT2D eigenvalue weighted by Crippen LogP contribution is -2.69. The van der Waals surface area contributed by atoms with Crippen LogP contribution in [0.4, 0.5) is 9.59 Å². The molecule has 1 saturated carbocycles. The quantitative estimate of drug-likeness (QED) is 0.0855. The van der Waals surface area contributed by atoms with E-state index in [0.717, 1.165) is 11.1 Å². The summed E-state index contributed by atoms with van der Waals surface area (Å²) in [5.74, 6) is -4.66. The molecule has 0 aliphatic heterocycles. The summed E-state index contributed by atoms with van der Waals surface area (Å²) in [5.41, 5.74) is -2.18. The molecule has 0 spiro atoms. The van der Waals surface area contributed by atoms with E-state index in [1.165, 1.54) is 0 Å². The van der Waals surface area contributed by atoms with Crippen molar-refractivity contribution >= 4 is 35.5 Å². The van der Waals surface area contributed by atoms with Crippen LogP contribution < -0.4 is 0 Å². The number of azo groups is 1. The minimum Gasteiger partial charge on any atom is -0.510 e. The molecule has 2 amide bonds. The highest BCUT2D eigenvalue weighted by atomic mass is 16.6. The molecule has 2 aliphatic rings. The van der Waals surface area contributed by atoms with E-state index in [1.807, 2.05) is 61.5 Å². The fourth-order valence-corrected chi connectivity index (χ4v) is 7.58. The van der Waals surface area contributed by atoms with E-state index < -0.39 is 69.8 Å². The average Bonchev–Trinajstić information content (AvgIpc) is 3.06. The molecule has 0 saturated heterocycles. The van der Waals surface area contributed by atoms with Crippen LogP contribution in [-0.4, -0.2) is 58.9 Å². The number of benzene rings is 1. The Bertz CT molecular complexity index is 1640. The van der Waals surface area contributed by atoms with Crippen LogP contribution in [0.15, 0.2) is 75.2 Å². The maximum atomic E-state index is 15.2. The monoisotopic (exact) mass is 736 g/mol. The zero-order valence-corrected chi connectivity index (χ0v) is 32.8. The van der Waals surface area contributed by atoms with Gasteiger partial charge in [-0.1, -0.05) is 91.6 Å². The van der Waals surface area contributed by atoms with Crippen molar-refractivity contribution in [1.82, 2.24) is 0 Å². The third kappa shape index (κ3) is 9.83. The van der Waals surface area contributed by atoms with Gasteiger partial charge < -0.3 is 19.7 Å². The summed E-state index contributed by atoms with van der Waals surface area (Å²) in [4.78, 5) is 77.4. The number of carbonyl (C=O) groups is 6. The number of ether oxygens (including phenoxy) is 2. The van der Waals surface area contributed by atoms with Crippen molar-refractivity contribution in [2.45, 2.75) is 107 Å². The molecule has 0 radical (unpaired) electrons. The minimum absolute atomic E-state index is 0.0324. The largest absolute Gasteiger partial charge is 0.510 e. The first kappa shape index (κ1) is 44.4. The molecule has 3 rings (SSSR count). The van der Waals surface area contributed by atoms with E-state index in [0.29, 0.717) is 12.0 Å². The first-order chi connectivity index (χ1) is 24.7. The number of carboxylic acid groups (broad SMARTS) is 1. The van der Waals surface area contributed by atoms with Crippen molar-refractivity contribution in [3.8, 4) is 0 Å². The molecular formula is C41H56N2O10. The number of nitrogens with zero attached hydrogens (tertiary/aromatic N) is 2. The second-order valence-corrected chi connectivity index (χ2v) is 15.1.